The molecule has 1 heterocycles. The Labute approximate surface area is 73.4 Å². The van der Waals surface area contributed by atoms with E-state index in [0.29, 0.717) is 16.7 Å². The van der Waals surface area contributed by atoms with E-state index in [2.05, 4.69) is 10.3 Å². The monoisotopic (exact) mass is 190 g/mol. The van der Waals surface area contributed by atoms with Crippen molar-refractivity contribution < 1.29 is 4.79 Å². The quantitative estimate of drug-likeness (QED) is 0.769. The predicted octanol–water partition coefficient (Wildman–Crippen LogP) is 1.55. The largest absolute Gasteiger partial charge is 0.351 e. The highest BCUT2D eigenvalue weighted by molar-refractivity contribution is 7.14. The second-order valence-electron chi connectivity index (χ2n) is 1.85. The van der Waals surface area contributed by atoms with Gasteiger partial charge in [0, 0.05) is 11.9 Å². The smallest absolute Gasteiger partial charge is 0.270 e. The predicted molar refractivity (Wildman–Crippen MR) is 45.1 cm³/mol. The summed E-state index contributed by atoms with van der Waals surface area (Å²) in [5.74, 6) is -0.171. The Bertz CT molecular complexity index is 261. The molecule has 0 spiro atoms. The van der Waals surface area contributed by atoms with E-state index in [0.717, 1.165) is 0 Å². The minimum atomic E-state index is -0.171. The van der Waals surface area contributed by atoms with Crippen LogP contribution < -0.4 is 5.32 Å². The number of halogens is 1. The van der Waals surface area contributed by atoms with Gasteiger partial charge >= 0.3 is 0 Å². The van der Waals surface area contributed by atoms with Gasteiger partial charge in [-0.25, -0.2) is 4.98 Å². The molecule has 0 unspecified atom stereocenters. The molecule has 0 saturated heterocycles. The van der Waals surface area contributed by atoms with Crippen molar-refractivity contribution in [3.05, 3.63) is 15.5 Å². The minimum absolute atomic E-state index is 0.171. The maximum absolute atomic E-state index is 11.0. The first kappa shape index (κ1) is 8.49. The summed E-state index contributed by atoms with van der Waals surface area (Å²) in [5, 5.41) is 4.25. The summed E-state index contributed by atoms with van der Waals surface area (Å²) in [5.41, 5.74) is 0.391. The fraction of sp³-hybridized carbons (Fsp3) is 0.333. The average Bonchev–Trinajstić information content (AvgIpc) is 2.36. The normalized spacial score (nSPS) is 9.64. The lowest BCUT2D eigenvalue weighted by molar-refractivity contribution is 0.0951. The lowest BCUT2D eigenvalue weighted by atomic mass is 10.4. The number of thiazole rings is 1. The molecule has 0 saturated carbocycles. The van der Waals surface area contributed by atoms with E-state index in [1.807, 2.05) is 6.92 Å². The van der Waals surface area contributed by atoms with Crippen molar-refractivity contribution in [2.75, 3.05) is 6.54 Å². The third kappa shape index (κ3) is 2.17. The van der Waals surface area contributed by atoms with Crippen LogP contribution in [-0.2, 0) is 0 Å². The number of nitrogens with one attached hydrogen (secondary N) is 1. The first-order valence-electron chi connectivity index (χ1n) is 3.13. The van der Waals surface area contributed by atoms with Gasteiger partial charge in [-0.2, -0.15) is 0 Å². The van der Waals surface area contributed by atoms with Gasteiger partial charge in [0.15, 0.2) is 4.47 Å². The second kappa shape index (κ2) is 3.69. The lowest BCUT2D eigenvalue weighted by Gasteiger charge is -1.95. The number of amides is 1. The third-order valence-electron chi connectivity index (χ3n) is 1.05. The number of carbonyl (C=O) groups excluding carboxylic acids is 1. The summed E-state index contributed by atoms with van der Waals surface area (Å²) in [6, 6.07) is 0. The third-order valence-corrected chi connectivity index (χ3v) is 2.02. The molecule has 0 aliphatic carbocycles. The molecule has 3 nitrogen and oxygen atoms in total. The van der Waals surface area contributed by atoms with Gasteiger partial charge in [-0.05, 0) is 6.92 Å². The van der Waals surface area contributed by atoms with Gasteiger partial charge in [0.05, 0.1) is 0 Å². The fourth-order valence-electron chi connectivity index (χ4n) is 0.607. The van der Waals surface area contributed by atoms with Crippen LogP contribution in [0.25, 0.3) is 0 Å². The summed E-state index contributed by atoms with van der Waals surface area (Å²) >= 11 is 6.78. The van der Waals surface area contributed by atoms with Crippen molar-refractivity contribution in [3.8, 4) is 0 Å². The molecule has 0 bridgehead atoms. The maximum atomic E-state index is 11.0. The first-order chi connectivity index (χ1) is 5.24. The maximum Gasteiger partial charge on any atom is 0.270 e. The van der Waals surface area contributed by atoms with Gasteiger partial charge in [-0.1, -0.05) is 11.6 Å². The van der Waals surface area contributed by atoms with Crippen LogP contribution in [-0.4, -0.2) is 17.4 Å². The van der Waals surface area contributed by atoms with E-state index in [1.165, 1.54) is 11.3 Å². The Morgan fingerprint density at radius 2 is 2.64 bits per heavy atom. The molecule has 1 N–H and O–H groups in total. The second-order valence-corrected chi connectivity index (χ2v) is 3.29. The zero-order chi connectivity index (χ0) is 8.27. The molecule has 0 aromatic carbocycles. The molecule has 5 heteroatoms. The van der Waals surface area contributed by atoms with Crippen LogP contribution in [0.5, 0.6) is 0 Å². The summed E-state index contributed by atoms with van der Waals surface area (Å²) in [6.07, 6.45) is 0. The zero-order valence-electron chi connectivity index (χ0n) is 5.93. The Morgan fingerprint density at radius 3 is 3.09 bits per heavy atom. The fourth-order valence-corrected chi connectivity index (χ4v) is 1.35. The highest BCUT2D eigenvalue weighted by Gasteiger charge is 2.07. The molecule has 1 aromatic rings. The lowest BCUT2D eigenvalue weighted by Crippen LogP contribution is -2.22. The van der Waals surface area contributed by atoms with Crippen molar-refractivity contribution in [1.29, 1.82) is 0 Å². The van der Waals surface area contributed by atoms with Crippen LogP contribution in [0.15, 0.2) is 5.38 Å². The standard InChI is InChI=1S/C6H7ClN2OS/c1-2-8-5(10)4-3-11-6(7)9-4/h3H,2H2,1H3,(H,8,10). The van der Waals surface area contributed by atoms with Crippen LogP contribution in [0.1, 0.15) is 17.4 Å². The number of hydrogen-bond donors (Lipinski definition) is 1. The van der Waals surface area contributed by atoms with E-state index in [-0.39, 0.29) is 5.91 Å². The number of rotatable bonds is 2. The van der Waals surface area contributed by atoms with Gasteiger partial charge < -0.3 is 5.32 Å². The SMILES string of the molecule is CCNC(=O)c1csc(Cl)n1. The number of hydrogen-bond acceptors (Lipinski definition) is 3. The number of aromatic nitrogens is 1. The number of nitrogens with zero attached hydrogens (tertiary/aromatic N) is 1. The average molecular weight is 191 g/mol. The number of carbonyl (C=O) groups is 1. The van der Waals surface area contributed by atoms with E-state index >= 15 is 0 Å². The molecular formula is C6H7ClN2OS. The molecule has 1 amide bonds. The highest BCUT2D eigenvalue weighted by Crippen LogP contribution is 2.14. The molecule has 0 atom stereocenters. The van der Waals surface area contributed by atoms with Crippen molar-refractivity contribution in [2.45, 2.75) is 6.92 Å². The van der Waals surface area contributed by atoms with Crippen LogP contribution in [0.4, 0.5) is 0 Å². The Kier molecular flexibility index (Phi) is 2.84. The highest BCUT2D eigenvalue weighted by atomic mass is 35.5. The zero-order valence-corrected chi connectivity index (χ0v) is 7.50. The van der Waals surface area contributed by atoms with Gasteiger partial charge in [-0.3, -0.25) is 4.79 Å². The molecule has 0 radical (unpaired) electrons. The molecule has 1 rings (SSSR count). The van der Waals surface area contributed by atoms with Crippen molar-refractivity contribution in [1.82, 2.24) is 10.3 Å². The van der Waals surface area contributed by atoms with E-state index in [1.54, 1.807) is 5.38 Å². The topological polar surface area (TPSA) is 42.0 Å². The molecule has 60 valence electrons. The molecule has 0 aliphatic heterocycles. The Morgan fingerprint density at radius 1 is 1.91 bits per heavy atom. The van der Waals surface area contributed by atoms with Gasteiger partial charge in [0.2, 0.25) is 0 Å². The summed E-state index contributed by atoms with van der Waals surface area (Å²) in [4.78, 5) is 14.8. The van der Waals surface area contributed by atoms with Crippen molar-refractivity contribution in [2.24, 2.45) is 0 Å². The van der Waals surface area contributed by atoms with Gasteiger partial charge in [0.25, 0.3) is 5.91 Å². The summed E-state index contributed by atoms with van der Waals surface area (Å²) < 4.78 is 0.395. The first-order valence-corrected chi connectivity index (χ1v) is 4.39. The van der Waals surface area contributed by atoms with E-state index < -0.39 is 0 Å². The molecular weight excluding hydrogens is 184 g/mol. The Balaban J connectivity index is 2.69. The van der Waals surface area contributed by atoms with Crippen LogP contribution in [0.3, 0.4) is 0 Å². The summed E-state index contributed by atoms with van der Waals surface area (Å²) in [7, 11) is 0. The van der Waals surface area contributed by atoms with Crippen molar-refractivity contribution >= 4 is 28.8 Å². The van der Waals surface area contributed by atoms with E-state index in [4.69, 9.17) is 11.6 Å². The minimum Gasteiger partial charge on any atom is -0.351 e. The van der Waals surface area contributed by atoms with Gasteiger partial charge in [0.1, 0.15) is 5.69 Å². The van der Waals surface area contributed by atoms with Crippen LogP contribution >= 0.6 is 22.9 Å². The van der Waals surface area contributed by atoms with Crippen LogP contribution in [0, 0.1) is 0 Å². The van der Waals surface area contributed by atoms with E-state index in [9.17, 15) is 4.79 Å². The summed E-state index contributed by atoms with van der Waals surface area (Å²) in [6.45, 7) is 2.46. The molecule has 0 aliphatic rings. The van der Waals surface area contributed by atoms with Gasteiger partial charge in [-0.15, -0.1) is 11.3 Å². The van der Waals surface area contributed by atoms with Crippen molar-refractivity contribution in [3.63, 3.8) is 0 Å². The Hall–Kier alpha value is -0.610. The molecule has 1 aromatic heterocycles. The molecule has 0 fully saturated rings. The van der Waals surface area contributed by atoms with Crippen LogP contribution in [0.2, 0.25) is 4.47 Å². The molecule has 11 heavy (non-hydrogen) atoms.